The SMILES string of the molecule is CSn1nnc(C)n1. The van der Waals surface area contributed by atoms with Gasteiger partial charge in [0.2, 0.25) is 0 Å². The van der Waals surface area contributed by atoms with Gasteiger partial charge in [0.15, 0.2) is 5.82 Å². The van der Waals surface area contributed by atoms with E-state index in [2.05, 4.69) is 15.4 Å². The van der Waals surface area contributed by atoms with Gasteiger partial charge in [-0.05, 0) is 24.1 Å². The number of rotatable bonds is 1. The molecule has 0 unspecified atom stereocenters. The molecule has 8 heavy (non-hydrogen) atoms. The van der Waals surface area contributed by atoms with Crippen molar-refractivity contribution in [3.63, 3.8) is 0 Å². The van der Waals surface area contributed by atoms with Crippen LogP contribution in [-0.4, -0.2) is 25.9 Å². The highest BCUT2D eigenvalue weighted by molar-refractivity contribution is 7.96. The number of nitrogens with zero attached hydrogens (tertiary/aromatic N) is 4. The van der Waals surface area contributed by atoms with Gasteiger partial charge in [-0.15, -0.1) is 14.4 Å². The van der Waals surface area contributed by atoms with E-state index >= 15 is 0 Å². The minimum Gasteiger partial charge on any atom is -0.125 e. The van der Waals surface area contributed by atoms with Gasteiger partial charge in [-0.1, -0.05) is 0 Å². The average molecular weight is 130 g/mol. The Morgan fingerprint density at radius 3 is 2.62 bits per heavy atom. The molecule has 0 bridgehead atoms. The zero-order valence-electron chi connectivity index (χ0n) is 4.70. The van der Waals surface area contributed by atoms with Crippen molar-refractivity contribution < 1.29 is 0 Å². The lowest BCUT2D eigenvalue weighted by Gasteiger charge is -1.82. The van der Waals surface area contributed by atoms with Crippen LogP contribution in [0.2, 0.25) is 0 Å². The molecule has 1 rings (SSSR count). The number of tetrazole rings is 1. The van der Waals surface area contributed by atoms with Gasteiger partial charge in [0, 0.05) is 6.26 Å². The molecule has 4 nitrogen and oxygen atoms in total. The van der Waals surface area contributed by atoms with Crippen molar-refractivity contribution >= 4 is 11.9 Å². The van der Waals surface area contributed by atoms with E-state index in [1.165, 1.54) is 16.1 Å². The Labute approximate surface area is 51.4 Å². The van der Waals surface area contributed by atoms with E-state index in [1.54, 1.807) is 6.92 Å². The molecule has 0 amide bonds. The van der Waals surface area contributed by atoms with Crippen LogP contribution in [0.3, 0.4) is 0 Å². The zero-order valence-corrected chi connectivity index (χ0v) is 5.51. The number of aryl methyl sites for hydroxylation is 1. The lowest BCUT2D eigenvalue weighted by atomic mass is 10.8. The maximum absolute atomic E-state index is 3.89. The van der Waals surface area contributed by atoms with E-state index < -0.39 is 0 Å². The lowest BCUT2D eigenvalue weighted by molar-refractivity contribution is 0.819. The quantitative estimate of drug-likeness (QED) is 0.541. The Bertz CT molecular complexity index is 172. The maximum Gasteiger partial charge on any atom is 0.172 e. The van der Waals surface area contributed by atoms with E-state index in [0.717, 1.165) is 0 Å². The second kappa shape index (κ2) is 2.13. The van der Waals surface area contributed by atoms with Gasteiger partial charge in [-0.3, -0.25) is 0 Å². The summed E-state index contributed by atoms with van der Waals surface area (Å²) >= 11 is 1.42. The van der Waals surface area contributed by atoms with Crippen LogP contribution < -0.4 is 0 Å². The van der Waals surface area contributed by atoms with Crippen molar-refractivity contribution in [1.29, 1.82) is 0 Å². The van der Waals surface area contributed by atoms with Crippen LogP contribution in [0.5, 0.6) is 0 Å². The van der Waals surface area contributed by atoms with Crippen molar-refractivity contribution in [2.75, 3.05) is 6.26 Å². The summed E-state index contributed by atoms with van der Waals surface area (Å²) in [4.78, 5) is 0. The summed E-state index contributed by atoms with van der Waals surface area (Å²) in [6.45, 7) is 1.81. The molecule has 1 aromatic rings. The van der Waals surface area contributed by atoms with E-state index in [9.17, 15) is 0 Å². The number of hydrogen-bond acceptors (Lipinski definition) is 4. The standard InChI is InChI=1S/C3H6N4S/c1-3-4-6-7(5-3)8-2/h1-2H3. The second-order valence-corrected chi connectivity index (χ2v) is 1.96. The van der Waals surface area contributed by atoms with Gasteiger partial charge >= 0.3 is 0 Å². The van der Waals surface area contributed by atoms with E-state index in [-0.39, 0.29) is 0 Å². The highest BCUT2D eigenvalue weighted by Gasteiger charge is 1.90. The van der Waals surface area contributed by atoms with Gasteiger partial charge in [0.25, 0.3) is 0 Å². The molecule has 0 atom stereocenters. The molecule has 0 aromatic carbocycles. The first-order valence-electron chi connectivity index (χ1n) is 2.14. The molecular weight excluding hydrogens is 124 g/mol. The number of aromatic nitrogens is 4. The predicted octanol–water partition coefficient (Wildman–Crippen LogP) is 0.108. The Kier molecular flexibility index (Phi) is 1.48. The molecular formula is C3H6N4S. The van der Waals surface area contributed by atoms with Crippen molar-refractivity contribution in [2.45, 2.75) is 6.92 Å². The molecule has 5 heteroatoms. The van der Waals surface area contributed by atoms with Gasteiger partial charge in [0.1, 0.15) is 0 Å². The molecule has 0 radical (unpaired) electrons. The molecule has 0 aliphatic carbocycles. The Morgan fingerprint density at radius 2 is 2.38 bits per heavy atom. The van der Waals surface area contributed by atoms with Gasteiger partial charge < -0.3 is 0 Å². The summed E-state index contributed by atoms with van der Waals surface area (Å²) in [5.74, 6) is 0.708. The topological polar surface area (TPSA) is 43.6 Å². The van der Waals surface area contributed by atoms with E-state index in [0.29, 0.717) is 5.82 Å². The lowest BCUT2D eigenvalue weighted by Crippen LogP contribution is -1.88. The third kappa shape index (κ3) is 0.975. The first-order valence-corrected chi connectivity index (χ1v) is 3.32. The molecule has 0 spiro atoms. The molecule has 0 aliphatic rings. The van der Waals surface area contributed by atoms with Crippen LogP contribution in [0.25, 0.3) is 0 Å². The molecule has 0 saturated heterocycles. The van der Waals surface area contributed by atoms with E-state index in [4.69, 9.17) is 0 Å². The van der Waals surface area contributed by atoms with Gasteiger partial charge in [-0.2, -0.15) is 0 Å². The molecule has 1 heterocycles. The summed E-state index contributed by atoms with van der Waals surface area (Å²) in [5, 5.41) is 11.2. The van der Waals surface area contributed by atoms with Crippen molar-refractivity contribution in [2.24, 2.45) is 0 Å². The van der Waals surface area contributed by atoms with Crippen molar-refractivity contribution in [3.05, 3.63) is 5.82 Å². The van der Waals surface area contributed by atoms with Crippen LogP contribution >= 0.6 is 11.9 Å². The normalized spacial score (nSPS) is 9.75. The average Bonchev–Trinajstić information content (AvgIpc) is 2.14. The summed E-state index contributed by atoms with van der Waals surface area (Å²) in [6, 6.07) is 0. The van der Waals surface area contributed by atoms with Crippen LogP contribution in [-0.2, 0) is 0 Å². The first-order chi connectivity index (χ1) is 3.83. The molecule has 0 fully saturated rings. The highest BCUT2D eigenvalue weighted by Crippen LogP contribution is 1.91. The van der Waals surface area contributed by atoms with Crippen LogP contribution in [0.1, 0.15) is 5.82 Å². The Balaban J connectivity index is 2.84. The van der Waals surface area contributed by atoms with Crippen LogP contribution in [0.15, 0.2) is 0 Å². The summed E-state index contributed by atoms with van der Waals surface area (Å²) in [6.07, 6.45) is 1.89. The molecule has 0 aliphatic heterocycles. The minimum absolute atomic E-state index is 0.708. The largest absolute Gasteiger partial charge is 0.172 e. The zero-order chi connectivity index (χ0) is 5.98. The first kappa shape index (κ1) is 5.55. The maximum atomic E-state index is 3.89. The number of hydrogen-bond donors (Lipinski definition) is 0. The molecule has 1 aromatic heterocycles. The fourth-order valence-corrected chi connectivity index (χ4v) is 0.653. The van der Waals surface area contributed by atoms with Crippen molar-refractivity contribution in [1.82, 2.24) is 19.6 Å². The van der Waals surface area contributed by atoms with Gasteiger partial charge in [-0.25, -0.2) is 0 Å². The molecule has 0 saturated carbocycles. The fourth-order valence-electron chi connectivity index (χ4n) is 0.344. The van der Waals surface area contributed by atoms with E-state index in [1.807, 2.05) is 6.26 Å². The van der Waals surface area contributed by atoms with Gasteiger partial charge in [0.05, 0.1) is 0 Å². The predicted molar refractivity (Wildman–Crippen MR) is 31.5 cm³/mol. The van der Waals surface area contributed by atoms with Crippen LogP contribution in [0.4, 0.5) is 0 Å². The minimum atomic E-state index is 0.708. The Hall–Kier alpha value is -0.580. The molecule has 0 N–H and O–H groups in total. The summed E-state index contributed by atoms with van der Waals surface area (Å²) in [7, 11) is 0. The van der Waals surface area contributed by atoms with Crippen molar-refractivity contribution in [3.8, 4) is 0 Å². The fraction of sp³-hybridized carbons (Fsp3) is 0.667. The van der Waals surface area contributed by atoms with Crippen LogP contribution in [0, 0.1) is 6.92 Å². The summed E-state index contributed by atoms with van der Waals surface area (Å²) in [5.41, 5.74) is 0. The smallest absolute Gasteiger partial charge is 0.125 e. The third-order valence-corrected chi connectivity index (χ3v) is 1.14. The summed E-state index contributed by atoms with van der Waals surface area (Å²) < 4.78 is 1.47. The second-order valence-electron chi connectivity index (χ2n) is 1.27. The molecule has 44 valence electrons. The Morgan fingerprint density at radius 1 is 1.62 bits per heavy atom. The highest BCUT2D eigenvalue weighted by atomic mass is 32.2. The monoisotopic (exact) mass is 130 g/mol. The third-order valence-electron chi connectivity index (χ3n) is 0.660.